The lowest BCUT2D eigenvalue weighted by molar-refractivity contribution is -0.125. The number of allylic oxidation sites excluding steroid dienone is 1. The van der Waals surface area contributed by atoms with E-state index in [1.807, 2.05) is 0 Å². The van der Waals surface area contributed by atoms with E-state index in [0.29, 0.717) is 6.42 Å². The van der Waals surface area contributed by atoms with Gasteiger partial charge < -0.3 is 25.2 Å². The predicted molar refractivity (Wildman–Crippen MR) is 86.6 cm³/mol. The molecule has 0 bridgehead atoms. The summed E-state index contributed by atoms with van der Waals surface area (Å²) >= 11 is 0. The smallest absolute Gasteiger partial charge is 0.151 e. The van der Waals surface area contributed by atoms with Crippen molar-refractivity contribution in [3.05, 3.63) is 11.8 Å². The molecule has 0 aliphatic rings. The zero-order chi connectivity index (χ0) is 16.8. The van der Waals surface area contributed by atoms with Crippen LogP contribution < -0.4 is 0 Å². The molecule has 130 valence electrons. The summed E-state index contributed by atoms with van der Waals surface area (Å²) in [5.74, 6) is -0.395. The van der Waals surface area contributed by atoms with Gasteiger partial charge in [-0.2, -0.15) is 0 Å². The number of carbonyl (C=O) groups excluding carboxylic acids is 1. The highest BCUT2D eigenvalue weighted by Crippen LogP contribution is 2.12. The minimum Gasteiger partial charge on any atom is -0.510 e. The molecule has 0 aliphatic heterocycles. The summed E-state index contributed by atoms with van der Waals surface area (Å²) in [5, 5.41) is 37.6. The summed E-state index contributed by atoms with van der Waals surface area (Å²) in [5.41, 5.74) is 0. The molecule has 0 aliphatic carbocycles. The SMILES string of the molecule is CCCCCCCCCCCC=C(O)C(O)C(O)C(O)C=O. The fourth-order valence-electron chi connectivity index (χ4n) is 2.27. The second-order valence-corrected chi connectivity index (χ2v) is 5.81. The third kappa shape index (κ3) is 9.92. The van der Waals surface area contributed by atoms with E-state index in [9.17, 15) is 20.1 Å². The van der Waals surface area contributed by atoms with Crippen LogP contribution in [0.25, 0.3) is 0 Å². The Morgan fingerprint density at radius 3 is 1.91 bits per heavy atom. The molecule has 0 aromatic rings. The Hall–Kier alpha value is -0.910. The highest BCUT2D eigenvalue weighted by Gasteiger charge is 2.26. The molecular weight excluding hydrogens is 284 g/mol. The summed E-state index contributed by atoms with van der Waals surface area (Å²) in [7, 11) is 0. The quantitative estimate of drug-likeness (QED) is 0.224. The highest BCUT2D eigenvalue weighted by atomic mass is 16.4. The first-order chi connectivity index (χ1) is 10.5. The standard InChI is InChI=1S/C17H32O5/c1-2-3-4-5-6-7-8-9-10-11-12-14(19)16(21)17(22)15(20)13-18/h12-13,15-17,19-22H,2-11H2,1H3. The molecule has 0 rings (SSSR count). The molecule has 0 amide bonds. The fraction of sp³-hybridized carbons (Fsp3) is 0.824. The molecule has 4 N–H and O–H groups in total. The molecule has 0 fully saturated rings. The van der Waals surface area contributed by atoms with Crippen LogP contribution in [0.4, 0.5) is 0 Å². The first-order valence-corrected chi connectivity index (χ1v) is 8.43. The van der Waals surface area contributed by atoms with Crippen LogP contribution in [0.5, 0.6) is 0 Å². The third-order valence-corrected chi connectivity index (χ3v) is 3.78. The van der Waals surface area contributed by atoms with Crippen molar-refractivity contribution in [2.24, 2.45) is 0 Å². The Kier molecular flexibility index (Phi) is 13.2. The van der Waals surface area contributed by atoms with Gasteiger partial charge in [-0.1, -0.05) is 58.3 Å². The molecular formula is C17H32O5. The van der Waals surface area contributed by atoms with Crippen molar-refractivity contribution in [2.75, 3.05) is 0 Å². The molecule has 22 heavy (non-hydrogen) atoms. The topological polar surface area (TPSA) is 98.0 Å². The summed E-state index contributed by atoms with van der Waals surface area (Å²) in [6, 6.07) is 0. The van der Waals surface area contributed by atoms with Crippen LogP contribution >= 0.6 is 0 Å². The number of aliphatic hydroxyl groups excluding tert-OH is 4. The Morgan fingerprint density at radius 1 is 0.909 bits per heavy atom. The number of carbonyl (C=O) groups is 1. The van der Waals surface area contributed by atoms with Crippen molar-refractivity contribution in [1.82, 2.24) is 0 Å². The summed E-state index contributed by atoms with van der Waals surface area (Å²) in [4.78, 5) is 10.3. The van der Waals surface area contributed by atoms with Gasteiger partial charge in [0.25, 0.3) is 0 Å². The van der Waals surface area contributed by atoms with Crippen LogP contribution in [0.2, 0.25) is 0 Å². The molecule has 5 nitrogen and oxygen atoms in total. The maximum absolute atomic E-state index is 10.3. The van der Waals surface area contributed by atoms with Gasteiger partial charge in [0.1, 0.15) is 24.1 Å². The first-order valence-electron chi connectivity index (χ1n) is 8.43. The molecule has 0 saturated heterocycles. The van der Waals surface area contributed by atoms with Gasteiger partial charge in [-0.05, 0) is 18.9 Å². The van der Waals surface area contributed by atoms with Gasteiger partial charge in [0.15, 0.2) is 6.29 Å². The fourth-order valence-corrected chi connectivity index (χ4v) is 2.27. The van der Waals surface area contributed by atoms with E-state index in [2.05, 4.69) is 6.92 Å². The monoisotopic (exact) mass is 316 g/mol. The second-order valence-electron chi connectivity index (χ2n) is 5.81. The van der Waals surface area contributed by atoms with E-state index in [-0.39, 0.29) is 6.29 Å². The highest BCUT2D eigenvalue weighted by molar-refractivity contribution is 5.56. The van der Waals surface area contributed by atoms with Gasteiger partial charge in [-0.25, -0.2) is 0 Å². The Balaban J connectivity index is 3.69. The van der Waals surface area contributed by atoms with E-state index >= 15 is 0 Å². The molecule has 0 heterocycles. The zero-order valence-corrected chi connectivity index (χ0v) is 13.7. The summed E-state index contributed by atoms with van der Waals surface area (Å²) < 4.78 is 0. The van der Waals surface area contributed by atoms with Gasteiger partial charge in [0, 0.05) is 0 Å². The van der Waals surface area contributed by atoms with E-state index in [1.54, 1.807) is 0 Å². The number of unbranched alkanes of at least 4 members (excludes halogenated alkanes) is 9. The normalized spacial score (nSPS) is 16.3. The maximum Gasteiger partial charge on any atom is 0.151 e. The van der Waals surface area contributed by atoms with E-state index in [4.69, 9.17) is 5.11 Å². The number of rotatable bonds is 14. The molecule has 3 atom stereocenters. The van der Waals surface area contributed by atoms with Crippen LogP contribution in [-0.4, -0.2) is 45.0 Å². The molecule has 0 saturated carbocycles. The largest absolute Gasteiger partial charge is 0.510 e. The van der Waals surface area contributed by atoms with Crippen LogP contribution in [0.1, 0.15) is 71.1 Å². The number of aliphatic hydroxyl groups is 4. The van der Waals surface area contributed by atoms with Gasteiger partial charge in [0.2, 0.25) is 0 Å². The lowest BCUT2D eigenvalue weighted by Crippen LogP contribution is -2.39. The minimum absolute atomic E-state index is 0.127. The summed E-state index contributed by atoms with van der Waals surface area (Å²) in [6.45, 7) is 2.21. The third-order valence-electron chi connectivity index (χ3n) is 3.78. The van der Waals surface area contributed by atoms with Gasteiger partial charge in [-0.3, -0.25) is 0 Å². The van der Waals surface area contributed by atoms with Crippen LogP contribution in [-0.2, 0) is 4.79 Å². The lowest BCUT2D eigenvalue weighted by Gasteiger charge is -2.18. The Morgan fingerprint density at radius 2 is 1.41 bits per heavy atom. The number of aldehydes is 1. The van der Waals surface area contributed by atoms with Crippen LogP contribution in [0, 0.1) is 0 Å². The van der Waals surface area contributed by atoms with Crippen LogP contribution in [0.15, 0.2) is 11.8 Å². The van der Waals surface area contributed by atoms with Crippen molar-refractivity contribution in [1.29, 1.82) is 0 Å². The molecule has 0 radical (unpaired) electrons. The maximum atomic E-state index is 10.3. The number of hydrogen-bond donors (Lipinski definition) is 4. The van der Waals surface area contributed by atoms with Gasteiger partial charge in [0.05, 0.1) is 0 Å². The van der Waals surface area contributed by atoms with E-state index in [0.717, 1.165) is 19.3 Å². The van der Waals surface area contributed by atoms with Crippen molar-refractivity contribution >= 4 is 6.29 Å². The Bertz CT molecular complexity index is 303. The van der Waals surface area contributed by atoms with Crippen molar-refractivity contribution in [3.63, 3.8) is 0 Å². The second kappa shape index (κ2) is 13.7. The van der Waals surface area contributed by atoms with Gasteiger partial charge >= 0.3 is 0 Å². The molecule has 0 aromatic carbocycles. The molecule has 3 unspecified atom stereocenters. The van der Waals surface area contributed by atoms with Gasteiger partial charge in [-0.15, -0.1) is 0 Å². The van der Waals surface area contributed by atoms with Crippen molar-refractivity contribution in [3.8, 4) is 0 Å². The predicted octanol–water partition coefficient (Wildman–Crippen LogP) is 2.63. The lowest BCUT2D eigenvalue weighted by atomic mass is 10.0. The van der Waals surface area contributed by atoms with E-state index < -0.39 is 24.1 Å². The minimum atomic E-state index is -1.70. The van der Waals surface area contributed by atoms with Crippen molar-refractivity contribution < 1.29 is 25.2 Å². The molecule has 5 heteroatoms. The van der Waals surface area contributed by atoms with E-state index in [1.165, 1.54) is 44.6 Å². The average molecular weight is 316 g/mol. The average Bonchev–Trinajstić information content (AvgIpc) is 2.54. The number of hydrogen-bond acceptors (Lipinski definition) is 5. The summed E-state index contributed by atoms with van der Waals surface area (Å²) in [6.07, 6.45) is 7.98. The first kappa shape index (κ1) is 21.1. The van der Waals surface area contributed by atoms with Crippen LogP contribution in [0.3, 0.4) is 0 Å². The zero-order valence-electron chi connectivity index (χ0n) is 13.7. The van der Waals surface area contributed by atoms with Crippen molar-refractivity contribution in [2.45, 2.75) is 89.4 Å². The molecule has 0 spiro atoms. The molecule has 0 aromatic heterocycles. The Labute approximate surface area is 133 Å².